The van der Waals surface area contributed by atoms with E-state index < -0.39 is 0 Å². The van der Waals surface area contributed by atoms with Gasteiger partial charge in [-0.2, -0.15) is 0 Å². The second-order valence-electron chi connectivity index (χ2n) is 3.45. The summed E-state index contributed by atoms with van der Waals surface area (Å²) in [6, 6.07) is 0. The minimum Gasteiger partial charge on any atom is -0.0697 e. The average molecular weight is 124 g/mol. The highest BCUT2D eigenvalue weighted by molar-refractivity contribution is 6.11. The molecule has 0 heterocycles. The first-order valence-corrected chi connectivity index (χ1v) is 4.39. The lowest BCUT2D eigenvalue weighted by atomic mass is 9.77. The predicted octanol–water partition coefficient (Wildman–Crippen LogP) is 2.15. The molecular weight excluding hydrogens is 107 g/mol. The molecule has 1 fully saturated rings. The zero-order chi connectivity index (χ0) is 6.53. The predicted molar refractivity (Wildman–Crippen MR) is 44.6 cm³/mol. The van der Waals surface area contributed by atoms with Crippen molar-refractivity contribution in [3.05, 3.63) is 0 Å². The quantitative estimate of drug-likeness (QED) is 0.434. The molecule has 0 amide bonds. The summed E-state index contributed by atoms with van der Waals surface area (Å²) in [6.07, 6.45) is 10.4. The topological polar surface area (TPSA) is 0 Å². The van der Waals surface area contributed by atoms with Crippen LogP contribution in [0.3, 0.4) is 0 Å². The Kier molecular flexibility index (Phi) is 3.17. The van der Waals surface area contributed by atoms with E-state index in [1.807, 2.05) is 0 Å². The molecule has 0 bridgehead atoms. The molecule has 0 spiro atoms. The van der Waals surface area contributed by atoms with Gasteiger partial charge in [-0.1, -0.05) is 50.8 Å². The second kappa shape index (κ2) is 3.97. The first kappa shape index (κ1) is 7.18. The largest absolute Gasteiger partial charge is 0.105 e. The van der Waals surface area contributed by atoms with Gasteiger partial charge in [0.2, 0.25) is 0 Å². The van der Waals surface area contributed by atoms with E-state index in [9.17, 15) is 0 Å². The highest BCUT2D eigenvalue weighted by Gasteiger charge is 2.04. The fraction of sp³-hybridized carbons (Fsp3) is 1.00. The van der Waals surface area contributed by atoms with Crippen LogP contribution in [0.4, 0.5) is 0 Å². The van der Waals surface area contributed by atoms with Crippen LogP contribution < -0.4 is 0 Å². The summed E-state index contributed by atoms with van der Waals surface area (Å²) >= 11 is 0. The molecule has 9 heavy (non-hydrogen) atoms. The van der Waals surface area contributed by atoms with Crippen LogP contribution in [0.15, 0.2) is 0 Å². The Bertz CT molecular complexity index is 63.0. The van der Waals surface area contributed by atoms with Crippen LogP contribution in [0, 0.1) is 0 Å². The standard InChI is InChI=1S/C8H17B/c9-8-6-4-2-1-3-5-7-8/h8H,1-7,9H2. The maximum Gasteiger partial charge on any atom is 0.105 e. The van der Waals surface area contributed by atoms with E-state index in [2.05, 4.69) is 7.85 Å². The second-order valence-corrected chi connectivity index (χ2v) is 3.45. The van der Waals surface area contributed by atoms with Gasteiger partial charge in [-0.3, -0.25) is 0 Å². The molecule has 0 nitrogen and oxygen atoms in total. The van der Waals surface area contributed by atoms with Gasteiger partial charge in [0.25, 0.3) is 0 Å². The smallest absolute Gasteiger partial charge is 0.0697 e. The molecule has 1 aliphatic rings. The summed E-state index contributed by atoms with van der Waals surface area (Å²) in [4.78, 5) is 0. The fourth-order valence-corrected chi connectivity index (χ4v) is 1.66. The van der Waals surface area contributed by atoms with Crippen LogP contribution in [-0.2, 0) is 0 Å². The Morgan fingerprint density at radius 2 is 1.22 bits per heavy atom. The Morgan fingerprint density at radius 1 is 0.778 bits per heavy atom. The van der Waals surface area contributed by atoms with Gasteiger partial charge in [0.05, 0.1) is 0 Å². The van der Waals surface area contributed by atoms with Crippen molar-refractivity contribution in [3.8, 4) is 0 Å². The molecule has 0 aromatic heterocycles. The SMILES string of the molecule is BC1CCCCCCC1. The van der Waals surface area contributed by atoms with E-state index in [1.165, 1.54) is 44.9 Å². The van der Waals surface area contributed by atoms with Gasteiger partial charge in [0, 0.05) is 0 Å². The van der Waals surface area contributed by atoms with Crippen LogP contribution in [0.5, 0.6) is 0 Å². The summed E-state index contributed by atoms with van der Waals surface area (Å²) in [5.74, 6) is 1.02. The Morgan fingerprint density at radius 3 is 1.78 bits per heavy atom. The lowest BCUT2D eigenvalue weighted by molar-refractivity contribution is 0.504. The molecule has 0 aromatic carbocycles. The summed E-state index contributed by atoms with van der Waals surface area (Å²) in [5, 5.41) is 0. The Labute approximate surface area is 59.4 Å². The van der Waals surface area contributed by atoms with Gasteiger partial charge in [0.1, 0.15) is 7.85 Å². The van der Waals surface area contributed by atoms with Gasteiger partial charge in [-0.15, -0.1) is 0 Å². The zero-order valence-electron chi connectivity index (χ0n) is 6.53. The van der Waals surface area contributed by atoms with Crippen molar-refractivity contribution in [1.29, 1.82) is 0 Å². The number of hydrogen-bond donors (Lipinski definition) is 0. The van der Waals surface area contributed by atoms with Gasteiger partial charge < -0.3 is 0 Å². The van der Waals surface area contributed by atoms with Gasteiger partial charge >= 0.3 is 0 Å². The van der Waals surface area contributed by atoms with Crippen molar-refractivity contribution in [2.75, 3.05) is 0 Å². The summed E-state index contributed by atoms with van der Waals surface area (Å²) in [7, 11) is 2.39. The van der Waals surface area contributed by atoms with Gasteiger partial charge in [-0.05, 0) is 0 Å². The van der Waals surface area contributed by atoms with E-state index in [4.69, 9.17) is 0 Å². The van der Waals surface area contributed by atoms with E-state index in [-0.39, 0.29) is 0 Å². The normalized spacial score (nSPS) is 24.9. The van der Waals surface area contributed by atoms with Crippen LogP contribution >= 0.6 is 0 Å². The summed E-state index contributed by atoms with van der Waals surface area (Å²) < 4.78 is 0. The molecule has 0 radical (unpaired) electrons. The van der Waals surface area contributed by atoms with E-state index in [1.54, 1.807) is 0 Å². The Hall–Kier alpha value is 0.0649. The van der Waals surface area contributed by atoms with Crippen LogP contribution in [0.2, 0.25) is 5.82 Å². The third-order valence-electron chi connectivity index (χ3n) is 2.39. The average Bonchev–Trinajstić information content (AvgIpc) is 1.79. The third kappa shape index (κ3) is 2.93. The highest BCUT2D eigenvalue weighted by atomic mass is 14.1. The fourth-order valence-electron chi connectivity index (χ4n) is 1.66. The molecule has 1 rings (SSSR count). The highest BCUT2D eigenvalue weighted by Crippen LogP contribution is 2.23. The van der Waals surface area contributed by atoms with E-state index in [0.717, 1.165) is 5.82 Å². The third-order valence-corrected chi connectivity index (χ3v) is 2.39. The van der Waals surface area contributed by atoms with Gasteiger partial charge in [-0.25, -0.2) is 0 Å². The lowest BCUT2D eigenvalue weighted by Crippen LogP contribution is -1.96. The first-order valence-electron chi connectivity index (χ1n) is 4.39. The van der Waals surface area contributed by atoms with Crippen molar-refractivity contribution >= 4 is 7.85 Å². The van der Waals surface area contributed by atoms with Crippen molar-refractivity contribution in [1.82, 2.24) is 0 Å². The van der Waals surface area contributed by atoms with Crippen molar-refractivity contribution in [3.63, 3.8) is 0 Å². The van der Waals surface area contributed by atoms with Crippen molar-refractivity contribution in [2.45, 2.75) is 50.8 Å². The lowest BCUT2D eigenvalue weighted by Gasteiger charge is -2.13. The molecule has 1 aliphatic carbocycles. The zero-order valence-corrected chi connectivity index (χ0v) is 6.53. The number of hydrogen-bond acceptors (Lipinski definition) is 0. The molecule has 1 heteroatoms. The molecular formula is C8H17B. The maximum absolute atomic E-state index is 2.39. The first-order chi connectivity index (χ1) is 4.39. The maximum atomic E-state index is 2.39. The molecule has 1 saturated carbocycles. The van der Waals surface area contributed by atoms with E-state index >= 15 is 0 Å². The van der Waals surface area contributed by atoms with Gasteiger partial charge in [0.15, 0.2) is 0 Å². The minimum absolute atomic E-state index is 1.02. The number of rotatable bonds is 0. The summed E-state index contributed by atoms with van der Waals surface area (Å²) in [5.41, 5.74) is 0. The molecule has 0 N–H and O–H groups in total. The molecule has 0 saturated heterocycles. The molecule has 0 aliphatic heterocycles. The van der Waals surface area contributed by atoms with Crippen LogP contribution in [0.1, 0.15) is 44.9 Å². The summed E-state index contributed by atoms with van der Waals surface area (Å²) in [6.45, 7) is 0. The van der Waals surface area contributed by atoms with Crippen LogP contribution in [0.25, 0.3) is 0 Å². The molecule has 0 aromatic rings. The monoisotopic (exact) mass is 124 g/mol. The van der Waals surface area contributed by atoms with Crippen LogP contribution in [-0.4, -0.2) is 7.85 Å². The molecule has 52 valence electrons. The van der Waals surface area contributed by atoms with Crippen molar-refractivity contribution in [2.24, 2.45) is 0 Å². The Balaban J connectivity index is 2.12. The minimum atomic E-state index is 1.02. The molecule has 0 atom stereocenters. The molecule has 0 unspecified atom stereocenters. The van der Waals surface area contributed by atoms with E-state index in [0.29, 0.717) is 0 Å². The van der Waals surface area contributed by atoms with Crippen molar-refractivity contribution < 1.29 is 0 Å².